The van der Waals surface area contributed by atoms with Crippen molar-refractivity contribution in [1.82, 2.24) is 9.97 Å². The summed E-state index contributed by atoms with van der Waals surface area (Å²) >= 11 is 0. The summed E-state index contributed by atoms with van der Waals surface area (Å²) in [5.41, 5.74) is 6.41. The molecule has 0 amide bonds. The van der Waals surface area contributed by atoms with E-state index in [1.807, 2.05) is 17.0 Å². The fourth-order valence-corrected chi connectivity index (χ4v) is 3.55. The first-order valence-electron chi connectivity index (χ1n) is 8.85. The molecule has 2 unspecified atom stereocenters. The number of nitrogens with zero attached hydrogens (tertiary/aromatic N) is 4. The summed E-state index contributed by atoms with van der Waals surface area (Å²) in [5.74, 6) is 1.91. The lowest BCUT2D eigenvalue weighted by Gasteiger charge is -2.35. The molecular weight excluding hydrogens is 348 g/mol. The lowest BCUT2D eigenvalue weighted by atomic mass is 9.92. The van der Waals surface area contributed by atoms with E-state index in [9.17, 15) is 10.1 Å². The van der Waals surface area contributed by atoms with Crippen molar-refractivity contribution < 1.29 is 9.66 Å². The number of anilines is 4. The van der Waals surface area contributed by atoms with Gasteiger partial charge in [-0.25, -0.2) is 0 Å². The third-order valence-electron chi connectivity index (χ3n) is 4.59. The third-order valence-corrected chi connectivity index (χ3v) is 4.59. The summed E-state index contributed by atoms with van der Waals surface area (Å²) < 4.78 is 5.14. The Hall–Kier alpha value is -3.10. The van der Waals surface area contributed by atoms with E-state index < -0.39 is 4.92 Å². The molecule has 0 aliphatic carbocycles. The Kier molecular flexibility index (Phi) is 5.29. The fraction of sp³-hybridized carbons (Fsp3) is 0.444. The number of ether oxygens (including phenoxy) is 1. The van der Waals surface area contributed by atoms with Crippen molar-refractivity contribution in [3.63, 3.8) is 0 Å². The fourth-order valence-electron chi connectivity index (χ4n) is 3.55. The number of nitro groups is 1. The second-order valence-electron chi connectivity index (χ2n) is 7.07. The molecule has 0 radical (unpaired) electrons. The van der Waals surface area contributed by atoms with E-state index in [0.717, 1.165) is 17.9 Å². The van der Waals surface area contributed by atoms with Crippen molar-refractivity contribution in [2.75, 3.05) is 36.1 Å². The number of hydrogen-bond acceptors (Lipinski definition) is 8. The van der Waals surface area contributed by atoms with Crippen LogP contribution in [-0.2, 0) is 0 Å². The molecule has 2 aromatic rings. The Balaban J connectivity index is 1.96. The van der Waals surface area contributed by atoms with Crippen LogP contribution in [0, 0.1) is 22.0 Å². The topological polar surface area (TPSA) is 119 Å². The predicted molar refractivity (Wildman–Crippen MR) is 105 cm³/mol. The van der Waals surface area contributed by atoms with Gasteiger partial charge in [-0.05, 0) is 42.5 Å². The number of nitrogen functional groups attached to an aromatic ring is 1. The maximum Gasteiger partial charge on any atom is 0.353 e. The molecule has 1 aliphatic rings. The minimum Gasteiger partial charge on any atom is -0.497 e. The van der Waals surface area contributed by atoms with Gasteiger partial charge in [0, 0.05) is 18.8 Å². The number of benzene rings is 1. The summed E-state index contributed by atoms with van der Waals surface area (Å²) in [7, 11) is 1.59. The number of rotatable bonds is 5. The number of methoxy groups -OCH3 is 1. The first kappa shape index (κ1) is 18.7. The van der Waals surface area contributed by atoms with E-state index in [4.69, 9.17) is 10.5 Å². The minimum atomic E-state index is -0.508. The van der Waals surface area contributed by atoms with Gasteiger partial charge in [0.05, 0.1) is 12.0 Å². The molecule has 1 saturated heterocycles. The number of piperidine rings is 1. The highest BCUT2D eigenvalue weighted by Crippen LogP contribution is 2.36. The second-order valence-corrected chi connectivity index (χ2v) is 7.07. The lowest BCUT2D eigenvalue weighted by molar-refractivity contribution is -0.383. The van der Waals surface area contributed by atoms with Crippen molar-refractivity contribution in [2.45, 2.75) is 20.3 Å². The van der Waals surface area contributed by atoms with Crippen LogP contribution in [0.25, 0.3) is 0 Å². The SMILES string of the molecule is COc1ccc(Nc2nc(N)c([N+](=O)[O-])c(N3CC(C)CC(C)C3)n2)cc1. The van der Waals surface area contributed by atoms with Crippen LogP contribution in [0.5, 0.6) is 5.75 Å². The van der Waals surface area contributed by atoms with Crippen LogP contribution in [0.15, 0.2) is 24.3 Å². The van der Waals surface area contributed by atoms with Gasteiger partial charge in [0.25, 0.3) is 0 Å². The predicted octanol–water partition coefficient (Wildman–Crippen LogP) is 3.20. The quantitative estimate of drug-likeness (QED) is 0.606. The highest BCUT2D eigenvalue weighted by Gasteiger charge is 2.31. The van der Waals surface area contributed by atoms with E-state index >= 15 is 0 Å². The molecule has 1 aromatic carbocycles. The van der Waals surface area contributed by atoms with Crippen LogP contribution in [-0.4, -0.2) is 35.1 Å². The maximum atomic E-state index is 11.6. The van der Waals surface area contributed by atoms with Gasteiger partial charge in [-0.1, -0.05) is 13.8 Å². The van der Waals surface area contributed by atoms with E-state index in [2.05, 4.69) is 29.1 Å². The summed E-state index contributed by atoms with van der Waals surface area (Å²) in [4.78, 5) is 21.5. The van der Waals surface area contributed by atoms with Crippen LogP contribution in [0.3, 0.4) is 0 Å². The first-order chi connectivity index (χ1) is 12.9. The van der Waals surface area contributed by atoms with Gasteiger partial charge in [-0.2, -0.15) is 9.97 Å². The Morgan fingerprint density at radius 3 is 2.41 bits per heavy atom. The number of hydrogen-bond donors (Lipinski definition) is 2. The highest BCUT2D eigenvalue weighted by molar-refractivity contribution is 5.72. The largest absolute Gasteiger partial charge is 0.497 e. The van der Waals surface area contributed by atoms with Crippen molar-refractivity contribution in [3.8, 4) is 5.75 Å². The Bertz CT molecular complexity index is 817. The average molecular weight is 372 g/mol. The summed E-state index contributed by atoms with van der Waals surface area (Å²) in [5, 5.41) is 14.6. The second kappa shape index (κ2) is 7.65. The molecule has 0 saturated carbocycles. The summed E-state index contributed by atoms with van der Waals surface area (Å²) in [6.07, 6.45) is 1.09. The minimum absolute atomic E-state index is 0.146. The molecule has 0 bridgehead atoms. The van der Waals surface area contributed by atoms with Gasteiger partial charge >= 0.3 is 5.69 Å². The molecule has 3 N–H and O–H groups in total. The van der Waals surface area contributed by atoms with Crippen molar-refractivity contribution in [2.24, 2.45) is 11.8 Å². The normalized spacial score (nSPS) is 19.6. The molecule has 2 heterocycles. The van der Waals surface area contributed by atoms with Crippen molar-refractivity contribution >= 4 is 29.0 Å². The van der Waals surface area contributed by atoms with Crippen LogP contribution in [0.1, 0.15) is 20.3 Å². The van der Waals surface area contributed by atoms with Gasteiger partial charge < -0.3 is 20.7 Å². The van der Waals surface area contributed by atoms with E-state index in [1.165, 1.54) is 0 Å². The highest BCUT2D eigenvalue weighted by atomic mass is 16.6. The summed E-state index contributed by atoms with van der Waals surface area (Å²) in [6.45, 7) is 5.67. The molecular formula is C18H24N6O3. The van der Waals surface area contributed by atoms with Gasteiger partial charge in [0.15, 0.2) is 0 Å². The zero-order valence-electron chi connectivity index (χ0n) is 15.7. The van der Waals surface area contributed by atoms with Crippen LogP contribution < -0.4 is 20.7 Å². The van der Waals surface area contributed by atoms with Crippen LogP contribution in [0.2, 0.25) is 0 Å². The van der Waals surface area contributed by atoms with E-state index in [1.54, 1.807) is 19.2 Å². The first-order valence-corrected chi connectivity index (χ1v) is 8.85. The Morgan fingerprint density at radius 1 is 1.22 bits per heavy atom. The third kappa shape index (κ3) is 4.18. The Morgan fingerprint density at radius 2 is 1.85 bits per heavy atom. The zero-order valence-corrected chi connectivity index (χ0v) is 15.7. The number of nitrogens with one attached hydrogen (secondary N) is 1. The maximum absolute atomic E-state index is 11.6. The van der Waals surface area contributed by atoms with Crippen LogP contribution in [0.4, 0.5) is 29.0 Å². The zero-order chi connectivity index (χ0) is 19.6. The number of nitrogens with two attached hydrogens (primary N) is 1. The summed E-state index contributed by atoms with van der Waals surface area (Å²) in [6, 6.07) is 7.22. The van der Waals surface area contributed by atoms with Crippen LogP contribution >= 0.6 is 0 Å². The van der Waals surface area contributed by atoms with E-state index in [0.29, 0.717) is 24.9 Å². The van der Waals surface area contributed by atoms with Gasteiger partial charge in [-0.3, -0.25) is 10.1 Å². The molecule has 3 rings (SSSR count). The molecule has 1 aliphatic heterocycles. The lowest BCUT2D eigenvalue weighted by Crippen LogP contribution is -2.39. The molecule has 0 spiro atoms. The monoisotopic (exact) mass is 372 g/mol. The number of aromatic nitrogens is 2. The molecule has 9 nitrogen and oxygen atoms in total. The van der Waals surface area contributed by atoms with Gasteiger partial charge in [-0.15, -0.1) is 0 Å². The van der Waals surface area contributed by atoms with Gasteiger partial charge in [0.1, 0.15) is 5.75 Å². The standard InChI is InChI=1S/C18H24N6O3/c1-11-8-12(2)10-23(9-11)17-15(24(25)26)16(19)21-18(22-17)20-13-4-6-14(27-3)7-5-13/h4-7,11-12H,8-10H2,1-3H3,(H3,19,20,21,22). The molecule has 144 valence electrons. The Labute approximate surface area is 157 Å². The molecule has 9 heteroatoms. The van der Waals surface area contributed by atoms with Crippen molar-refractivity contribution in [3.05, 3.63) is 34.4 Å². The molecule has 1 aromatic heterocycles. The molecule has 27 heavy (non-hydrogen) atoms. The van der Waals surface area contributed by atoms with Gasteiger partial charge in [0.2, 0.25) is 17.6 Å². The smallest absolute Gasteiger partial charge is 0.353 e. The molecule has 2 atom stereocenters. The molecule has 1 fully saturated rings. The average Bonchev–Trinajstić information content (AvgIpc) is 2.60. The van der Waals surface area contributed by atoms with E-state index in [-0.39, 0.29) is 23.3 Å². The van der Waals surface area contributed by atoms with Crippen molar-refractivity contribution in [1.29, 1.82) is 0 Å².